The summed E-state index contributed by atoms with van der Waals surface area (Å²) in [6.07, 6.45) is 14.3. The zero-order valence-electron chi connectivity index (χ0n) is 25.0. The number of hydrogen-bond donors (Lipinski definition) is 0. The van der Waals surface area contributed by atoms with E-state index in [1.807, 2.05) is 0 Å². The number of esters is 2. The third-order valence-corrected chi connectivity index (χ3v) is 12.4. The first-order chi connectivity index (χ1) is 18.3. The van der Waals surface area contributed by atoms with Crippen molar-refractivity contribution in [2.24, 2.45) is 52.8 Å². The smallest absolute Gasteiger partial charge is 0.312 e. The summed E-state index contributed by atoms with van der Waals surface area (Å²) in [7, 11) is 0. The molecule has 4 aliphatic carbocycles. The topological polar surface area (TPSA) is 61.8 Å². The Morgan fingerprint density at radius 1 is 0.921 bits per heavy atom. The van der Waals surface area contributed by atoms with Gasteiger partial charge in [0.2, 0.25) is 0 Å². The van der Waals surface area contributed by atoms with Gasteiger partial charge in [0.15, 0.2) is 0 Å². The van der Waals surface area contributed by atoms with Gasteiger partial charge in [-0.25, -0.2) is 0 Å². The van der Waals surface area contributed by atoms with Crippen LogP contribution in [-0.2, 0) is 23.8 Å². The van der Waals surface area contributed by atoms with Crippen LogP contribution in [0.2, 0.25) is 0 Å². The molecule has 0 amide bonds. The molecule has 0 radical (unpaired) electrons. The third-order valence-electron chi connectivity index (χ3n) is 12.4. The number of carbonyl (C=O) groups is 2. The number of cyclic esters (lactones) is 1. The molecule has 216 valence electrons. The van der Waals surface area contributed by atoms with E-state index in [-0.39, 0.29) is 41.1 Å². The minimum Gasteiger partial charge on any atom is -0.465 e. The van der Waals surface area contributed by atoms with Crippen LogP contribution < -0.4 is 0 Å². The molecule has 5 heteroatoms. The van der Waals surface area contributed by atoms with Gasteiger partial charge in [0.25, 0.3) is 0 Å². The fourth-order valence-electron chi connectivity index (χ4n) is 10.3. The van der Waals surface area contributed by atoms with Crippen molar-refractivity contribution in [1.82, 2.24) is 0 Å². The zero-order valence-corrected chi connectivity index (χ0v) is 25.0. The minimum atomic E-state index is -0.202. The van der Waals surface area contributed by atoms with Crippen LogP contribution in [0.15, 0.2) is 0 Å². The van der Waals surface area contributed by atoms with Crippen molar-refractivity contribution in [3.05, 3.63) is 0 Å². The Morgan fingerprint density at radius 3 is 2.18 bits per heavy atom. The minimum absolute atomic E-state index is 0.0231. The van der Waals surface area contributed by atoms with Gasteiger partial charge in [-0.2, -0.15) is 0 Å². The largest absolute Gasteiger partial charge is 0.465 e. The van der Waals surface area contributed by atoms with E-state index in [9.17, 15) is 9.59 Å². The zero-order chi connectivity index (χ0) is 27.2. The second-order valence-corrected chi connectivity index (χ2v) is 13.9. The second-order valence-electron chi connectivity index (χ2n) is 13.9. The summed E-state index contributed by atoms with van der Waals surface area (Å²) >= 11 is 0. The maximum absolute atomic E-state index is 13.4. The molecule has 0 N–H and O–H groups in total. The van der Waals surface area contributed by atoms with Gasteiger partial charge in [-0.1, -0.05) is 47.5 Å². The Hall–Kier alpha value is -1.10. The molecule has 6 fully saturated rings. The lowest BCUT2D eigenvalue weighted by Crippen LogP contribution is -2.46. The van der Waals surface area contributed by atoms with Gasteiger partial charge in [-0.05, 0) is 107 Å². The predicted molar refractivity (Wildman–Crippen MR) is 148 cm³/mol. The van der Waals surface area contributed by atoms with E-state index in [2.05, 4.69) is 41.5 Å². The van der Waals surface area contributed by atoms with Crippen LogP contribution in [0.4, 0.5) is 0 Å². The van der Waals surface area contributed by atoms with Crippen LogP contribution in [0.1, 0.15) is 119 Å². The molecule has 11 unspecified atom stereocenters. The van der Waals surface area contributed by atoms with Crippen LogP contribution in [-0.4, -0.2) is 36.4 Å². The Morgan fingerprint density at radius 2 is 1.58 bits per heavy atom. The monoisotopic (exact) mass is 530 g/mol. The van der Waals surface area contributed by atoms with E-state index < -0.39 is 0 Å². The summed E-state index contributed by atoms with van der Waals surface area (Å²) in [6, 6.07) is 0. The average molecular weight is 531 g/mol. The molecular formula is C33H54O5. The van der Waals surface area contributed by atoms with Crippen LogP contribution in [0.3, 0.4) is 0 Å². The Bertz CT molecular complexity index is 863. The quantitative estimate of drug-likeness (QED) is 0.322. The molecule has 5 nitrogen and oxygen atoms in total. The van der Waals surface area contributed by atoms with Crippen molar-refractivity contribution < 1.29 is 23.8 Å². The van der Waals surface area contributed by atoms with Gasteiger partial charge >= 0.3 is 11.9 Å². The fraction of sp³-hybridized carbons (Fsp3) is 0.939. The molecule has 6 rings (SSSR count). The average Bonchev–Trinajstić information content (AvgIpc) is 3.74. The Kier molecular flexibility index (Phi) is 8.27. The number of fused-ring (bicyclic) bond motifs is 6. The molecule has 0 spiro atoms. The lowest BCUT2D eigenvalue weighted by atomic mass is 9.63. The number of hydrogen-bond acceptors (Lipinski definition) is 5. The van der Waals surface area contributed by atoms with Crippen LogP contribution in [0.5, 0.6) is 0 Å². The standard InChI is InChI=1S/C23H38O2.C10H16O3/c1-5-15-12-16(6-2)20-18-13-17(19(15)20)14-22(18,4)21(24)25-23(7-3)10-8-9-11-23;1-3-7-6-5-12-10(11)9(6)8(4-2)13-7/h15-20H,5-14H2,1-4H3;6-9H,3-5H2,1-2H3. The molecule has 4 saturated carbocycles. The van der Waals surface area contributed by atoms with Gasteiger partial charge in [-0.3, -0.25) is 9.59 Å². The highest BCUT2D eigenvalue weighted by Crippen LogP contribution is 2.69. The van der Waals surface area contributed by atoms with Crippen molar-refractivity contribution in [1.29, 1.82) is 0 Å². The fourth-order valence-corrected chi connectivity index (χ4v) is 10.3. The summed E-state index contributed by atoms with van der Waals surface area (Å²) in [5.41, 5.74) is -0.334. The highest BCUT2D eigenvalue weighted by molar-refractivity contribution is 5.78. The SMILES string of the molecule is CCC1CC(CC)C2C1C1CC2C(C)(C(=O)OC2(CC)CCCC2)C1.CCC1OC(CC)C2C(=O)OCC12. The predicted octanol–water partition coefficient (Wildman–Crippen LogP) is 7.35. The van der Waals surface area contributed by atoms with Crippen molar-refractivity contribution >= 4 is 11.9 Å². The maximum atomic E-state index is 13.4. The highest BCUT2D eigenvalue weighted by atomic mass is 16.6. The molecule has 2 heterocycles. The summed E-state index contributed by atoms with van der Waals surface area (Å²) in [4.78, 5) is 24.8. The maximum Gasteiger partial charge on any atom is 0.312 e. The third kappa shape index (κ3) is 4.55. The molecule has 2 aliphatic heterocycles. The van der Waals surface area contributed by atoms with Gasteiger partial charge in [0.05, 0.1) is 30.1 Å². The summed E-state index contributed by atoms with van der Waals surface area (Å²) in [5, 5.41) is 0. The van der Waals surface area contributed by atoms with Gasteiger partial charge in [0.1, 0.15) is 5.60 Å². The molecule has 2 bridgehead atoms. The van der Waals surface area contributed by atoms with Crippen molar-refractivity contribution in [2.75, 3.05) is 6.61 Å². The molecule has 0 aromatic rings. The first kappa shape index (κ1) is 28.4. The van der Waals surface area contributed by atoms with Gasteiger partial charge in [-0.15, -0.1) is 0 Å². The molecule has 0 aromatic heterocycles. The van der Waals surface area contributed by atoms with E-state index in [1.165, 1.54) is 38.5 Å². The lowest BCUT2D eigenvalue weighted by molar-refractivity contribution is -0.177. The molecule has 6 aliphatic rings. The summed E-state index contributed by atoms with van der Waals surface area (Å²) in [6.45, 7) is 13.9. The second kappa shape index (κ2) is 11.1. The summed E-state index contributed by atoms with van der Waals surface area (Å²) < 4.78 is 17.2. The highest BCUT2D eigenvalue weighted by Gasteiger charge is 2.66. The Balaban J connectivity index is 0.000000190. The van der Waals surface area contributed by atoms with Gasteiger partial charge < -0.3 is 14.2 Å². The first-order valence-corrected chi connectivity index (χ1v) is 16.3. The van der Waals surface area contributed by atoms with E-state index in [1.54, 1.807) is 0 Å². The van der Waals surface area contributed by atoms with Crippen molar-refractivity contribution in [2.45, 2.75) is 136 Å². The van der Waals surface area contributed by atoms with Gasteiger partial charge in [0, 0.05) is 5.92 Å². The van der Waals surface area contributed by atoms with E-state index in [0.29, 0.717) is 18.4 Å². The van der Waals surface area contributed by atoms with Crippen molar-refractivity contribution in [3.8, 4) is 0 Å². The first-order valence-electron chi connectivity index (χ1n) is 16.3. The number of carbonyl (C=O) groups excluding carboxylic acids is 2. The molecule has 0 aromatic carbocycles. The molecular weight excluding hydrogens is 476 g/mol. The molecule has 2 saturated heterocycles. The normalized spacial score (nSPS) is 45.9. The van der Waals surface area contributed by atoms with Crippen LogP contribution in [0.25, 0.3) is 0 Å². The molecule has 11 atom stereocenters. The van der Waals surface area contributed by atoms with Crippen LogP contribution >= 0.6 is 0 Å². The van der Waals surface area contributed by atoms with E-state index in [4.69, 9.17) is 14.2 Å². The Labute approximate surface area is 231 Å². The van der Waals surface area contributed by atoms with E-state index in [0.717, 1.165) is 68.1 Å². The van der Waals surface area contributed by atoms with Crippen LogP contribution in [0, 0.1) is 52.8 Å². The number of ether oxygens (including phenoxy) is 3. The lowest BCUT2D eigenvalue weighted by Gasteiger charge is -2.43. The van der Waals surface area contributed by atoms with E-state index >= 15 is 0 Å². The molecule has 38 heavy (non-hydrogen) atoms. The van der Waals surface area contributed by atoms with Crippen molar-refractivity contribution in [3.63, 3.8) is 0 Å². The number of rotatable bonds is 7. The summed E-state index contributed by atoms with van der Waals surface area (Å²) in [5.74, 6) is 5.32.